The largest absolute Gasteiger partial charge is 0.456 e. The molecule has 0 bridgehead atoms. The van der Waals surface area contributed by atoms with Crippen molar-refractivity contribution < 1.29 is 8.83 Å². The molecule has 0 saturated carbocycles. The Morgan fingerprint density at radius 2 is 1.02 bits per heavy atom. The molecule has 55 heavy (non-hydrogen) atoms. The lowest BCUT2D eigenvalue weighted by atomic mass is 9.98. The zero-order valence-electron chi connectivity index (χ0n) is 29.3. The summed E-state index contributed by atoms with van der Waals surface area (Å²) in [6.07, 6.45) is 0. The smallest absolute Gasteiger partial charge is 0.238 e. The average Bonchev–Trinajstić information content (AvgIpc) is 3.93. The maximum absolute atomic E-state index is 6.32. The molecule has 0 atom stereocenters. The fraction of sp³-hybridized carbons (Fsp3) is 0. The molecule has 0 aliphatic carbocycles. The van der Waals surface area contributed by atoms with Crippen LogP contribution < -0.4 is 0 Å². The number of aromatic nitrogens is 4. The summed E-state index contributed by atoms with van der Waals surface area (Å²) < 4.78 is 14.8. The fourth-order valence-electron chi connectivity index (χ4n) is 8.35. The Balaban J connectivity index is 1.18. The van der Waals surface area contributed by atoms with Crippen molar-refractivity contribution in [1.82, 2.24) is 19.5 Å². The molecule has 12 rings (SSSR count). The van der Waals surface area contributed by atoms with Gasteiger partial charge in [0.1, 0.15) is 22.3 Å². The molecule has 0 spiro atoms. The van der Waals surface area contributed by atoms with E-state index in [1.165, 1.54) is 10.8 Å². The molecule has 4 aromatic heterocycles. The van der Waals surface area contributed by atoms with Gasteiger partial charge in [0.2, 0.25) is 5.95 Å². The van der Waals surface area contributed by atoms with E-state index in [-0.39, 0.29) is 0 Å². The van der Waals surface area contributed by atoms with Crippen LogP contribution in [0, 0.1) is 0 Å². The molecule has 0 radical (unpaired) electrons. The van der Waals surface area contributed by atoms with Crippen LogP contribution in [0.15, 0.2) is 179 Å². The maximum Gasteiger partial charge on any atom is 0.238 e. The molecule has 4 heterocycles. The minimum absolute atomic E-state index is 0.533. The van der Waals surface area contributed by atoms with Crippen molar-refractivity contribution in [1.29, 1.82) is 0 Å². The molecule has 6 nitrogen and oxygen atoms in total. The highest BCUT2D eigenvalue weighted by Crippen LogP contribution is 2.42. The van der Waals surface area contributed by atoms with Crippen LogP contribution in [0.4, 0.5) is 0 Å². The molecular formula is C49H28N4O2. The SMILES string of the molecule is c1ccc(-c2nc(-c3ccc4c(c3)oc3ccccc34)nc(-n3c4ccc5ccccc5c4c4cccc(-c5ccc6oc7ccccc7c6c5)c43)n2)cc1. The zero-order chi connectivity index (χ0) is 36.0. The van der Waals surface area contributed by atoms with Crippen molar-refractivity contribution in [3.63, 3.8) is 0 Å². The maximum atomic E-state index is 6.32. The van der Waals surface area contributed by atoms with E-state index in [0.717, 1.165) is 87.9 Å². The molecule has 0 fully saturated rings. The van der Waals surface area contributed by atoms with Crippen LogP contribution in [-0.2, 0) is 0 Å². The lowest BCUT2D eigenvalue weighted by Gasteiger charge is -2.13. The predicted octanol–water partition coefficient (Wildman–Crippen LogP) is 12.9. The van der Waals surface area contributed by atoms with Crippen LogP contribution in [0.5, 0.6) is 0 Å². The minimum Gasteiger partial charge on any atom is -0.456 e. The third-order valence-electron chi connectivity index (χ3n) is 10.9. The highest BCUT2D eigenvalue weighted by atomic mass is 16.3. The van der Waals surface area contributed by atoms with E-state index in [2.05, 4.69) is 108 Å². The number of nitrogens with zero attached hydrogens (tertiary/aromatic N) is 4. The first-order valence-electron chi connectivity index (χ1n) is 18.4. The van der Waals surface area contributed by atoms with Gasteiger partial charge >= 0.3 is 0 Å². The summed E-state index contributed by atoms with van der Waals surface area (Å²) in [5, 5.41) is 8.92. The summed E-state index contributed by atoms with van der Waals surface area (Å²) in [6, 6.07) is 58.6. The highest BCUT2D eigenvalue weighted by Gasteiger charge is 2.23. The van der Waals surface area contributed by atoms with Crippen molar-refractivity contribution in [3.05, 3.63) is 170 Å². The number of rotatable bonds is 4. The molecule has 0 N–H and O–H groups in total. The first kappa shape index (κ1) is 29.9. The minimum atomic E-state index is 0.533. The molecule has 0 amide bonds. The van der Waals surface area contributed by atoms with Gasteiger partial charge in [-0.25, -0.2) is 4.98 Å². The van der Waals surface area contributed by atoms with Crippen molar-refractivity contribution in [3.8, 4) is 39.9 Å². The van der Waals surface area contributed by atoms with E-state index in [0.29, 0.717) is 17.6 Å². The Morgan fingerprint density at radius 1 is 0.382 bits per heavy atom. The molecule has 0 aliphatic rings. The number of hydrogen-bond donors (Lipinski definition) is 0. The van der Waals surface area contributed by atoms with Gasteiger partial charge in [-0.2, -0.15) is 9.97 Å². The van der Waals surface area contributed by atoms with Crippen molar-refractivity contribution in [2.45, 2.75) is 0 Å². The Hall–Kier alpha value is -7.57. The summed E-state index contributed by atoms with van der Waals surface area (Å²) >= 11 is 0. The molecule has 12 aromatic rings. The second-order valence-corrected chi connectivity index (χ2v) is 14.0. The van der Waals surface area contributed by atoms with Gasteiger partial charge in [0.15, 0.2) is 11.6 Å². The Bertz CT molecular complexity index is 3500. The second kappa shape index (κ2) is 11.5. The fourth-order valence-corrected chi connectivity index (χ4v) is 8.35. The lowest BCUT2D eigenvalue weighted by molar-refractivity contribution is 0.668. The van der Waals surface area contributed by atoms with Crippen LogP contribution in [-0.4, -0.2) is 19.5 Å². The summed E-state index contributed by atoms with van der Waals surface area (Å²) in [7, 11) is 0. The number of hydrogen-bond acceptors (Lipinski definition) is 5. The van der Waals surface area contributed by atoms with Gasteiger partial charge in [-0.3, -0.25) is 4.57 Å². The first-order chi connectivity index (χ1) is 27.2. The van der Waals surface area contributed by atoms with Crippen LogP contribution >= 0.6 is 0 Å². The molecular weight excluding hydrogens is 677 g/mol. The number of fused-ring (bicyclic) bond motifs is 11. The molecule has 0 saturated heterocycles. The molecule has 8 aromatic carbocycles. The van der Waals surface area contributed by atoms with Crippen LogP contribution in [0.3, 0.4) is 0 Å². The van der Waals surface area contributed by atoms with Crippen LogP contribution in [0.25, 0.3) is 116 Å². The van der Waals surface area contributed by atoms with Crippen molar-refractivity contribution >= 4 is 76.5 Å². The van der Waals surface area contributed by atoms with Crippen molar-refractivity contribution in [2.75, 3.05) is 0 Å². The van der Waals surface area contributed by atoms with Gasteiger partial charge in [-0.05, 0) is 58.8 Å². The normalized spacial score (nSPS) is 12.0. The summed E-state index contributed by atoms with van der Waals surface area (Å²) in [5.41, 5.74) is 9.29. The predicted molar refractivity (Wildman–Crippen MR) is 223 cm³/mol. The van der Waals surface area contributed by atoms with Gasteiger partial charge in [0, 0.05) is 49.0 Å². The summed E-state index contributed by atoms with van der Waals surface area (Å²) in [6.45, 7) is 0. The quantitative estimate of drug-likeness (QED) is 0.182. The van der Waals surface area contributed by atoms with Crippen molar-refractivity contribution in [2.24, 2.45) is 0 Å². The highest BCUT2D eigenvalue weighted by molar-refractivity contribution is 6.23. The van der Waals surface area contributed by atoms with Gasteiger partial charge in [-0.15, -0.1) is 0 Å². The van der Waals surface area contributed by atoms with E-state index in [9.17, 15) is 0 Å². The van der Waals surface area contributed by atoms with Gasteiger partial charge < -0.3 is 8.83 Å². The number of benzene rings is 8. The molecule has 0 aliphatic heterocycles. The van der Waals surface area contributed by atoms with Crippen LogP contribution in [0.1, 0.15) is 0 Å². The second-order valence-electron chi connectivity index (χ2n) is 14.0. The molecule has 256 valence electrons. The third-order valence-corrected chi connectivity index (χ3v) is 10.9. The zero-order valence-corrected chi connectivity index (χ0v) is 29.3. The Labute approximate surface area is 313 Å². The lowest BCUT2D eigenvalue weighted by Crippen LogP contribution is -2.07. The summed E-state index contributed by atoms with van der Waals surface area (Å²) in [4.78, 5) is 15.7. The number of para-hydroxylation sites is 3. The van der Waals surface area contributed by atoms with Gasteiger partial charge in [0.05, 0.1) is 11.0 Å². The van der Waals surface area contributed by atoms with Crippen LogP contribution in [0.2, 0.25) is 0 Å². The van der Waals surface area contributed by atoms with E-state index in [4.69, 9.17) is 23.8 Å². The topological polar surface area (TPSA) is 69.9 Å². The van der Waals surface area contributed by atoms with E-state index in [1.807, 2.05) is 66.7 Å². The molecule has 6 heteroatoms. The van der Waals surface area contributed by atoms with E-state index < -0.39 is 0 Å². The third kappa shape index (κ3) is 4.52. The summed E-state index contributed by atoms with van der Waals surface area (Å²) in [5.74, 6) is 1.68. The molecule has 0 unspecified atom stereocenters. The van der Waals surface area contributed by atoms with Gasteiger partial charge in [0.25, 0.3) is 0 Å². The number of furan rings is 2. The monoisotopic (exact) mass is 704 g/mol. The first-order valence-corrected chi connectivity index (χ1v) is 18.4. The average molecular weight is 705 g/mol. The van der Waals surface area contributed by atoms with Gasteiger partial charge in [-0.1, -0.05) is 127 Å². The van der Waals surface area contributed by atoms with E-state index >= 15 is 0 Å². The standard InChI is InChI=1S/C49H28N4O2/c1-2-12-30(13-3-1)47-50-48(32-21-24-37-35-15-6-8-19-41(35)55-44(37)28-32)52-49(51-47)53-40-25-22-29-11-4-5-14-33(29)45(40)38-18-10-17-34(46(38)53)31-23-26-43-39(27-31)36-16-7-9-20-42(36)54-43/h1-28H. The van der Waals surface area contributed by atoms with E-state index in [1.54, 1.807) is 0 Å². The Morgan fingerprint density at radius 3 is 1.85 bits per heavy atom. The Kier molecular flexibility index (Phi) is 6.24.